The maximum atomic E-state index is 13.0. The standard InChI is InChI=1S/C59H113NO10/c1-3-5-7-9-11-13-15-22-26-29-33-37-41-45-52(62)51(50-69-59-58(67)57(66)56(65)53(49-61)70-59)60-54(63)46-42-38-34-30-27-23-20-18-16-17-19-21-24-28-32-36-40-44-48-68-55(64)47-43-39-35-31-25-14-12-10-8-6-4-2/h41,45,51-53,56-59,61-62,65-67H,3-40,42-44,46-50H2,1-2H3,(H,60,63)/b45-41+. The van der Waals surface area contributed by atoms with Gasteiger partial charge >= 0.3 is 5.97 Å². The Bertz CT molecular complexity index is 1170. The fraction of sp³-hybridized carbons (Fsp3) is 0.932. The van der Waals surface area contributed by atoms with Gasteiger partial charge in [-0.3, -0.25) is 9.59 Å². The molecule has 0 saturated carbocycles. The third-order valence-electron chi connectivity index (χ3n) is 14.4. The van der Waals surface area contributed by atoms with Gasteiger partial charge in [-0.1, -0.05) is 257 Å². The van der Waals surface area contributed by atoms with Gasteiger partial charge in [0.15, 0.2) is 6.29 Å². The third kappa shape index (κ3) is 38.9. The summed E-state index contributed by atoms with van der Waals surface area (Å²) in [5.41, 5.74) is 0. The van der Waals surface area contributed by atoms with Crippen LogP contribution < -0.4 is 5.32 Å². The molecule has 7 unspecified atom stereocenters. The molecule has 0 spiro atoms. The first-order valence-electron chi connectivity index (χ1n) is 30.0. The normalized spacial score (nSPS) is 19.2. The number of ether oxygens (including phenoxy) is 3. The average Bonchev–Trinajstić information content (AvgIpc) is 3.36. The molecule has 1 aliphatic heterocycles. The predicted octanol–water partition coefficient (Wildman–Crippen LogP) is 13.6. The molecule has 0 aliphatic carbocycles. The van der Waals surface area contributed by atoms with E-state index in [4.69, 9.17) is 14.2 Å². The van der Waals surface area contributed by atoms with E-state index in [2.05, 4.69) is 19.2 Å². The summed E-state index contributed by atoms with van der Waals surface area (Å²) in [6.07, 6.45) is 47.2. The lowest BCUT2D eigenvalue weighted by Gasteiger charge is -2.40. The van der Waals surface area contributed by atoms with Crippen molar-refractivity contribution in [1.29, 1.82) is 0 Å². The number of carbonyl (C=O) groups excluding carboxylic acids is 2. The van der Waals surface area contributed by atoms with E-state index in [0.29, 0.717) is 19.4 Å². The fourth-order valence-electron chi connectivity index (χ4n) is 9.61. The molecule has 1 saturated heterocycles. The van der Waals surface area contributed by atoms with E-state index >= 15 is 0 Å². The van der Waals surface area contributed by atoms with Crippen molar-refractivity contribution in [3.05, 3.63) is 12.2 Å². The number of unbranched alkanes of at least 4 members (excludes halogenated alkanes) is 38. The van der Waals surface area contributed by atoms with E-state index in [1.165, 1.54) is 199 Å². The number of allylic oxidation sites excluding steroid dienone is 1. The molecule has 0 bridgehead atoms. The SMILES string of the molecule is CCCCCCCCCCCCC/C=C/C(O)C(COC1OC(CO)C(O)C(O)C1O)NC(=O)CCCCCCCCCCCCCCCCCCCCOC(=O)CCCCCCCCCCCCC. The van der Waals surface area contributed by atoms with Crippen LogP contribution in [0.25, 0.3) is 0 Å². The summed E-state index contributed by atoms with van der Waals surface area (Å²) < 4.78 is 16.7. The van der Waals surface area contributed by atoms with Crippen LogP contribution in [0.5, 0.6) is 0 Å². The molecule has 0 radical (unpaired) electrons. The molecule has 0 aromatic heterocycles. The van der Waals surface area contributed by atoms with Crippen LogP contribution in [0, 0.1) is 0 Å². The number of nitrogens with one attached hydrogen (secondary N) is 1. The minimum atomic E-state index is -1.57. The number of amides is 1. The number of hydrogen-bond acceptors (Lipinski definition) is 10. The molecule has 1 aliphatic rings. The Hall–Kier alpha value is -1.60. The van der Waals surface area contributed by atoms with Gasteiger partial charge in [-0.25, -0.2) is 0 Å². The summed E-state index contributed by atoms with van der Waals surface area (Å²) in [5, 5.41) is 54.4. The van der Waals surface area contributed by atoms with Crippen LogP contribution in [-0.4, -0.2) is 100 Å². The molecule has 70 heavy (non-hydrogen) atoms. The van der Waals surface area contributed by atoms with Gasteiger partial charge < -0.3 is 45.1 Å². The van der Waals surface area contributed by atoms with Crippen molar-refractivity contribution in [3.8, 4) is 0 Å². The quantitative estimate of drug-likeness (QED) is 0.0195. The molecule has 1 rings (SSSR count). The van der Waals surface area contributed by atoms with E-state index in [9.17, 15) is 35.1 Å². The second kappa shape index (κ2) is 49.6. The predicted molar refractivity (Wildman–Crippen MR) is 288 cm³/mol. The Labute approximate surface area is 429 Å². The Balaban J connectivity index is 2.09. The van der Waals surface area contributed by atoms with Gasteiger partial charge in [0.05, 0.1) is 32.0 Å². The molecule has 0 aromatic rings. The Morgan fingerprint density at radius 2 is 0.900 bits per heavy atom. The van der Waals surface area contributed by atoms with Gasteiger partial charge in [0, 0.05) is 12.8 Å². The fourth-order valence-corrected chi connectivity index (χ4v) is 9.61. The summed E-state index contributed by atoms with van der Waals surface area (Å²) in [7, 11) is 0. The maximum Gasteiger partial charge on any atom is 0.305 e. The number of rotatable bonds is 52. The average molecular weight is 997 g/mol. The largest absolute Gasteiger partial charge is 0.466 e. The van der Waals surface area contributed by atoms with Crippen LogP contribution >= 0.6 is 0 Å². The molecular formula is C59H113NO10. The summed E-state index contributed by atoms with van der Waals surface area (Å²) in [6, 6.07) is -0.812. The van der Waals surface area contributed by atoms with Gasteiger partial charge in [0.2, 0.25) is 5.91 Å². The lowest BCUT2D eigenvalue weighted by molar-refractivity contribution is -0.302. The lowest BCUT2D eigenvalue weighted by atomic mass is 9.99. The van der Waals surface area contributed by atoms with Crippen molar-refractivity contribution in [1.82, 2.24) is 5.32 Å². The van der Waals surface area contributed by atoms with Gasteiger partial charge in [0.1, 0.15) is 24.4 Å². The minimum absolute atomic E-state index is 0.00826. The van der Waals surface area contributed by atoms with Gasteiger partial charge in [-0.05, 0) is 32.1 Å². The van der Waals surface area contributed by atoms with Crippen molar-refractivity contribution in [2.45, 2.75) is 333 Å². The van der Waals surface area contributed by atoms with Crippen LogP contribution in [0.4, 0.5) is 0 Å². The number of esters is 1. The molecular weight excluding hydrogens is 883 g/mol. The first-order chi connectivity index (χ1) is 34.2. The monoisotopic (exact) mass is 996 g/mol. The highest BCUT2D eigenvalue weighted by Gasteiger charge is 2.44. The van der Waals surface area contributed by atoms with E-state index in [-0.39, 0.29) is 18.5 Å². The van der Waals surface area contributed by atoms with Crippen LogP contribution in [-0.2, 0) is 23.8 Å². The van der Waals surface area contributed by atoms with E-state index in [0.717, 1.165) is 64.2 Å². The third-order valence-corrected chi connectivity index (χ3v) is 14.4. The number of aliphatic hydroxyl groups excluding tert-OH is 5. The van der Waals surface area contributed by atoms with Gasteiger partial charge in [0.25, 0.3) is 0 Å². The summed E-state index contributed by atoms with van der Waals surface area (Å²) in [6.45, 7) is 4.34. The van der Waals surface area contributed by atoms with Crippen molar-refractivity contribution >= 4 is 11.9 Å². The van der Waals surface area contributed by atoms with Crippen molar-refractivity contribution in [2.75, 3.05) is 19.8 Å². The molecule has 1 amide bonds. The van der Waals surface area contributed by atoms with Crippen LogP contribution in [0.1, 0.15) is 290 Å². The van der Waals surface area contributed by atoms with E-state index in [1.54, 1.807) is 6.08 Å². The molecule has 6 N–H and O–H groups in total. The zero-order chi connectivity index (χ0) is 51.0. The Morgan fingerprint density at radius 1 is 0.514 bits per heavy atom. The molecule has 11 heteroatoms. The maximum absolute atomic E-state index is 13.0. The summed E-state index contributed by atoms with van der Waals surface area (Å²) in [5.74, 6) is -0.192. The van der Waals surface area contributed by atoms with E-state index < -0.39 is 49.5 Å². The first kappa shape index (κ1) is 66.4. The van der Waals surface area contributed by atoms with Crippen molar-refractivity contribution < 1.29 is 49.3 Å². The summed E-state index contributed by atoms with van der Waals surface area (Å²) >= 11 is 0. The van der Waals surface area contributed by atoms with Crippen LogP contribution in [0.3, 0.4) is 0 Å². The number of hydrogen-bond donors (Lipinski definition) is 6. The topological polar surface area (TPSA) is 175 Å². The molecule has 11 nitrogen and oxygen atoms in total. The number of aliphatic hydroxyl groups is 5. The first-order valence-corrected chi connectivity index (χ1v) is 30.0. The molecule has 0 aromatic carbocycles. The van der Waals surface area contributed by atoms with Gasteiger partial charge in [-0.2, -0.15) is 0 Å². The Morgan fingerprint density at radius 3 is 1.33 bits per heavy atom. The highest BCUT2D eigenvalue weighted by Crippen LogP contribution is 2.23. The van der Waals surface area contributed by atoms with Gasteiger partial charge in [-0.15, -0.1) is 0 Å². The smallest absolute Gasteiger partial charge is 0.305 e. The molecule has 7 atom stereocenters. The minimum Gasteiger partial charge on any atom is -0.466 e. The second-order valence-corrected chi connectivity index (χ2v) is 21.1. The van der Waals surface area contributed by atoms with Crippen LogP contribution in [0.15, 0.2) is 12.2 Å². The van der Waals surface area contributed by atoms with Crippen molar-refractivity contribution in [2.24, 2.45) is 0 Å². The molecule has 414 valence electrons. The van der Waals surface area contributed by atoms with Crippen LogP contribution in [0.2, 0.25) is 0 Å². The zero-order valence-electron chi connectivity index (χ0n) is 45.5. The number of carbonyl (C=O) groups is 2. The second-order valence-electron chi connectivity index (χ2n) is 21.1. The molecule has 1 heterocycles. The van der Waals surface area contributed by atoms with Crippen molar-refractivity contribution in [3.63, 3.8) is 0 Å². The zero-order valence-corrected chi connectivity index (χ0v) is 45.5. The highest BCUT2D eigenvalue weighted by atomic mass is 16.7. The Kier molecular flexibility index (Phi) is 47.1. The van der Waals surface area contributed by atoms with E-state index in [1.807, 2.05) is 6.08 Å². The highest BCUT2D eigenvalue weighted by molar-refractivity contribution is 5.76. The summed E-state index contributed by atoms with van der Waals surface area (Å²) in [4.78, 5) is 25.1. The lowest BCUT2D eigenvalue weighted by Crippen LogP contribution is -2.60. The molecule has 1 fully saturated rings.